The second-order valence-corrected chi connectivity index (χ2v) is 13.3. The molecule has 236 valence electrons. The molecule has 0 amide bonds. The minimum Gasteiger partial charge on any atom is -0.333 e. The highest BCUT2D eigenvalue weighted by Gasteiger charge is 2.38. The Morgan fingerprint density at radius 1 is 0.400 bits per heavy atom. The quantitative estimate of drug-likeness (QED) is 0.182. The summed E-state index contributed by atoms with van der Waals surface area (Å²) in [6, 6.07) is 62.2. The summed E-state index contributed by atoms with van der Waals surface area (Å²) in [7, 11) is 0. The predicted octanol–water partition coefficient (Wildman–Crippen LogP) is 12.5. The highest BCUT2D eigenvalue weighted by molar-refractivity contribution is 6.10. The first-order chi connectivity index (χ1) is 24.8. The Hall–Kier alpha value is -6.38. The number of anilines is 2. The van der Waals surface area contributed by atoms with Crippen LogP contribution in [0.2, 0.25) is 0 Å². The number of hydrogen-bond acceptors (Lipinski definition) is 1. The lowest BCUT2D eigenvalue weighted by atomic mass is 9.89. The molecule has 2 aliphatic rings. The monoisotopic (exact) mass is 638 g/mol. The minimum atomic E-state index is 0.226. The van der Waals surface area contributed by atoms with Crippen LogP contribution in [0.5, 0.6) is 0 Å². The molecule has 0 bridgehead atoms. The second-order valence-electron chi connectivity index (χ2n) is 13.3. The first kappa shape index (κ1) is 28.6. The molecule has 0 saturated heterocycles. The largest absolute Gasteiger partial charge is 0.333 e. The van der Waals surface area contributed by atoms with Crippen LogP contribution in [0.25, 0.3) is 60.9 Å². The minimum absolute atomic E-state index is 0.226. The molecule has 8 aromatic rings. The number of benzene rings is 7. The van der Waals surface area contributed by atoms with Crippen LogP contribution in [0.15, 0.2) is 194 Å². The number of para-hydroxylation sites is 2. The van der Waals surface area contributed by atoms with Crippen molar-refractivity contribution in [3.63, 3.8) is 0 Å². The smallest absolute Gasteiger partial charge is 0.0629 e. The number of fused-ring (bicyclic) bond motifs is 6. The van der Waals surface area contributed by atoms with Gasteiger partial charge in [0.25, 0.3) is 0 Å². The van der Waals surface area contributed by atoms with E-state index in [9.17, 15) is 0 Å². The molecule has 2 atom stereocenters. The number of allylic oxidation sites excluding steroid dienone is 2. The Morgan fingerprint density at radius 3 is 1.86 bits per heavy atom. The number of aromatic nitrogens is 1. The maximum Gasteiger partial charge on any atom is 0.0629 e. The van der Waals surface area contributed by atoms with Gasteiger partial charge in [0.1, 0.15) is 0 Å². The molecule has 0 fully saturated rings. The van der Waals surface area contributed by atoms with Crippen molar-refractivity contribution < 1.29 is 0 Å². The number of rotatable bonds is 5. The maximum absolute atomic E-state index is 2.55. The zero-order chi connectivity index (χ0) is 33.0. The molecule has 10 rings (SSSR count). The Bertz CT molecular complexity index is 2590. The Labute approximate surface area is 292 Å². The van der Waals surface area contributed by atoms with Crippen LogP contribution in [-0.4, -0.2) is 10.6 Å². The summed E-state index contributed by atoms with van der Waals surface area (Å²) < 4.78 is 2.40. The number of nitrogens with zero attached hydrogens (tertiary/aromatic N) is 2. The molecule has 0 N–H and O–H groups in total. The van der Waals surface area contributed by atoms with E-state index in [-0.39, 0.29) is 12.0 Å². The van der Waals surface area contributed by atoms with Crippen LogP contribution in [0, 0.1) is 0 Å². The van der Waals surface area contributed by atoms with Crippen molar-refractivity contribution in [3.8, 4) is 39.1 Å². The summed E-state index contributed by atoms with van der Waals surface area (Å²) in [6.07, 6.45) is 9.14. The lowest BCUT2D eigenvalue weighted by Gasteiger charge is -2.30. The van der Waals surface area contributed by atoms with Crippen molar-refractivity contribution in [2.45, 2.75) is 12.0 Å². The zero-order valence-electron chi connectivity index (χ0n) is 27.5. The summed E-state index contributed by atoms with van der Waals surface area (Å²) >= 11 is 0. The van der Waals surface area contributed by atoms with E-state index >= 15 is 0 Å². The highest BCUT2D eigenvalue weighted by atomic mass is 15.2. The van der Waals surface area contributed by atoms with Gasteiger partial charge >= 0.3 is 0 Å². The third-order valence-electron chi connectivity index (χ3n) is 10.5. The van der Waals surface area contributed by atoms with Crippen molar-refractivity contribution in [2.24, 2.45) is 0 Å². The molecule has 0 saturated carbocycles. The van der Waals surface area contributed by atoms with Crippen LogP contribution in [-0.2, 0) is 0 Å². The summed E-state index contributed by atoms with van der Waals surface area (Å²) in [6.45, 7) is 0. The van der Waals surface area contributed by atoms with Gasteiger partial charge in [-0.2, -0.15) is 0 Å². The van der Waals surface area contributed by atoms with E-state index in [1.807, 2.05) is 0 Å². The average Bonchev–Trinajstić information content (AvgIpc) is 3.71. The Morgan fingerprint density at radius 2 is 1.02 bits per heavy atom. The summed E-state index contributed by atoms with van der Waals surface area (Å²) in [5.74, 6) is 0.281. The van der Waals surface area contributed by atoms with E-state index in [0.717, 1.165) is 0 Å². The lowest BCUT2D eigenvalue weighted by Crippen LogP contribution is -2.28. The SMILES string of the molecule is C1=CC2c3cc(-c4ccc5c(c4)c4ccccc4n5-c4ccc(-c5ccccc5)cc4)ccc3N(c3ccccc3-c3ccccc3)C2C=C1. The molecule has 1 aliphatic heterocycles. The Kier molecular flexibility index (Phi) is 6.67. The second kappa shape index (κ2) is 11.6. The summed E-state index contributed by atoms with van der Waals surface area (Å²) in [4.78, 5) is 2.55. The first-order valence-electron chi connectivity index (χ1n) is 17.4. The van der Waals surface area contributed by atoms with Crippen molar-refractivity contribution >= 4 is 33.2 Å². The average molecular weight is 639 g/mol. The molecule has 1 aliphatic carbocycles. The van der Waals surface area contributed by atoms with E-state index in [1.165, 1.54) is 77.8 Å². The van der Waals surface area contributed by atoms with Crippen molar-refractivity contribution in [2.75, 3.05) is 4.90 Å². The van der Waals surface area contributed by atoms with Crippen molar-refractivity contribution in [1.29, 1.82) is 0 Å². The van der Waals surface area contributed by atoms with Gasteiger partial charge in [0, 0.05) is 39.3 Å². The van der Waals surface area contributed by atoms with E-state index in [1.54, 1.807) is 0 Å². The lowest BCUT2D eigenvalue weighted by molar-refractivity contribution is 0.745. The molecular weight excluding hydrogens is 605 g/mol. The fraction of sp³-hybridized carbons (Fsp3) is 0.0417. The normalized spacial score (nSPS) is 16.2. The predicted molar refractivity (Wildman–Crippen MR) is 210 cm³/mol. The number of hydrogen-bond donors (Lipinski definition) is 0. The van der Waals surface area contributed by atoms with E-state index in [2.05, 4.69) is 204 Å². The molecule has 2 heterocycles. The molecule has 2 nitrogen and oxygen atoms in total. The van der Waals surface area contributed by atoms with Gasteiger partial charge in [0.05, 0.1) is 17.1 Å². The Balaban J connectivity index is 1.07. The molecule has 0 spiro atoms. The van der Waals surface area contributed by atoms with Gasteiger partial charge in [-0.25, -0.2) is 0 Å². The molecule has 1 aromatic heterocycles. The van der Waals surface area contributed by atoms with Gasteiger partial charge in [-0.05, 0) is 81.9 Å². The van der Waals surface area contributed by atoms with Crippen LogP contribution < -0.4 is 4.90 Å². The topological polar surface area (TPSA) is 8.17 Å². The molecular formula is C48H34N2. The van der Waals surface area contributed by atoms with Gasteiger partial charge in [-0.15, -0.1) is 0 Å². The van der Waals surface area contributed by atoms with Crippen LogP contribution >= 0.6 is 0 Å². The van der Waals surface area contributed by atoms with Crippen LogP contribution in [0.3, 0.4) is 0 Å². The van der Waals surface area contributed by atoms with Crippen molar-refractivity contribution in [1.82, 2.24) is 4.57 Å². The van der Waals surface area contributed by atoms with Gasteiger partial charge in [0.2, 0.25) is 0 Å². The van der Waals surface area contributed by atoms with Crippen molar-refractivity contribution in [3.05, 3.63) is 200 Å². The fourth-order valence-electron chi connectivity index (χ4n) is 8.21. The molecule has 0 radical (unpaired) electrons. The summed E-state index contributed by atoms with van der Waals surface area (Å²) in [5, 5.41) is 2.53. The van der Waals surface area contributed by atoms with Crippen LogP contribution in [0.1, 0.15) is 11.5 Å². The van der Waals surface area contributed by atoms with Gasteiger partial charge < -0.3 is 9.47 Å². The maximum atomic E-state index is 2.55. The van der Waals surface area contributed by atoms with Gasteiger partial charge in [-0.3, -0.25) is 0 Å². The third-order valence-corrected chi connectivity index (χ3v) is 10.5. The fourth-order valence-corrected chi connectivity index (χ4v) is 8.21. The van der Waals surface area contributed by atoms with E-state index in [0.29, 0.717) is 0 Å². The molecule has 2 unspecified atom stereocenters. The first-order valence-corrected chi connectivity index (χ1v) is 17.4. The van der Waals surface area contributed by atoms with Gasteiger partial charge in [-0.1, -0.05) is 146 Å². The standard InChI is InChI=1S/C48H34N2/c1-3-13-33(14-4-1)34-23-27-38(28-24-34)49-45-21-11-8-18-40(45)42-31-36(25-29-47(42)49)37-26-30-48-43(32-37)41-19-9-12-22-46(41)50(48)44-20-10-7-17-39(44)35-15-5-2-6-16-35/h1-32,41,46H. The van der Waals surface area contributed by atoms with Crippen LogP contribution in [0.4, 0.5) is 11.4 Å². The molecule has 2 heteroatoms. The molecule has 50 heavy (non-hydrogen) atoms. The van der Waals surface area contributed by atoms with Gasteiger partial charge in [0.15, 0.2) is 0 Å². The summed E-state index contributed by atoms with van der Waals surface area (Å²) in [5.41, 5.74) is 14.9. The van der Waals surface area contributed by atoms with E-state index < -0.39 is 0 Å². The zero-order valence-corrected chi connectivity index (χ0v) is 27.5. The van der Waals surface area contributed by atoms with E-state index in [4.69, 9.17) is 0 Å². The third kappa shape index (κ3) is 4.57. The highest BCUT2D eigenvalue weighted by Crippen LogP contribution is 2.51. The molecule has 7 aromatic carbocycles.